The van der Waals surface area contributed by atoms with E-state index in [1.54, 1.807) is 0 Å². The van der Waals surface area contributed by atoms with Gasteiger partial charge >= 0.3 is 0 Å². The third-order valence-corrected chi connectivity index (χ3v) is 3.34. The molecule has 2 fully saturated rings. The average molecular weight is 168 g/mol. The molecule has 0 radical (unpaired) electrons. The van der Waals surface area contributed by atoms with Crippen molar-refractivity contribution in [3.05, 3.63) is 0 Å². The van der Waals surface area contributed by atoms with Crippen LogP contribution in [0.2, 0.25) is 0 Å². The van der Waals surface area contributed by atoms with Gasteiger partial charge in [0.15, 0.2) is 0 Å². The molecule has 1 saturated heterocycles. The SMILES string of the molecule is CC(CC1CCCCO1)C1CC1. The van der Waals surface area contributed by atoms with Gasteiger partial charge in [-0.1, -0.05) is 6.92 Å². The van der Waals surface area contributed by atoms with E-state index in [4.69, 9.17) is 4.74 Å². The van der Waals surface area contributed by atoms with Crippen LogP contribution in [0.25, 0.3) is 0 Å². The molecule has 2 rings (SSSR count). The summed E-state index contributed by atoms with van der Waals surface area (Å²) in [5.41, 5.74) is 0. The Morgan fingerprint density at radius 3 is 2.67 bits per heavy atom. The molecule has 2 atom stereocenters. The van der Waals surface area contributed by atoms with Crippen LogP contribution in [0.4, 0.5) is 0 Å². The van der Waals surface area contributed by atoms with Crippen LogP contribution in [0.15, 0.2) is 0 Å². The van der Waals surface area contributed by atoms with Gasteiger partial charge < -0.3 is 4.74 Å². The molecule has 1 aliphatic heterocycles. The predicted octanol–water partition coefficient (Wildman–Crippen LogP) is 2.99. The lowest BCUT2D eigenvalue weighted by Gasteiger charge is -2.25. The summed E-state index contributed by atoms with van der Waals surface area (Å²) in [6.07, 6.45) is 8.88. The normalized spacial score (nSPS) is 33.2. The summed E-state index contributed by atoms with van der Waals surface area (Å²) in [6.45, 7) is 3.41. The lowest BCUT2D eigenvalue weighted by molar-refractivity contribution is 0.00116. The predicted molar refractivity (Wildman–Crippen MR) is 50.1 cm³/mol. The molecule has 1 aliphatic carbocycles. The van der Waals surface area contributed by atoms with Crippen LogP contribution in [0.5, 0.6) is 0 Å². The van der Waals surface area contributed by atoms with E-state index in [2.05, 4.69) is 6.92 Å². The minimum Gasteiger partial charge on any atom is -0.378 e. The number of rotatable bonds is 3. The summed E-state index contributed by atoms with van der Waals surface area (Å²) < 4.78 is 5.73. The molecule has 0 aromatic carbocycles. The van der Waals surface area contributed by atoms with Crippen molar-refractivity contribution in [3.8, 4) is 0 Å². The minimum absolute atomic E-state index is 0.606. The first-order valence-electron chi connectivity index (χ1n) is 5.48. The van der Waals surface area contributed by atoms with Gasteiger partial charge in [-0.05, 0) is 50.4 Å². The highest BCUT2D eigenvalue weighted by atomic mass is 16.5. The van der Waals surface area contributed by atoms with Crippen molar-refractivity contribution >= 4 is 0 Å². The van der Waals surface area contributed by atoms with E-state index < -0.39 is 0 Å². The smallest absolute Gasteiger partial charge is 0.0577 e. The molecule has 0 aromatic rings. The molecular formula is C11H20O. The number of ether oxygens (including phenoxy) is 1. The van der Waals surface area contributed by atoms with E-state index in [9.17, 15) is 0 Å². The van der Waals surface area contributed by atoms with Crippen LogP contribution >= 0.6 is 0 Å². The van der Waals surface area contributed by atoms with Crippen LogP contribution in [0, 0.1) is 11.8 Å². The second-order valence-electron chi connectivity index (χ2n) is 4.54. The fourth-order valence-corrected chi connectivity index (χ4v) is 2.27. The number of hydrogen-bond donors (Lipinski definition) is 0. The molecule has 0 bridgehead atoms. The van der Waals surface area contributed by atoms with Crippen molar-refractivity contribution < 1.29 is 4.74 Å². The lowest BCUT2D eigenvalue weighted by atomic mass is 9.95. The van der Waals surface area contributed by atoms with Gasteiger partial charge in [-0.3, -0.25) is 0 Å². The molecule has 0 aromatic heterocycles. The van der Waals surface area contributed by atoms with E-state index in [-0.39, 0.29) is 0 Å². The van der Waals surface area contributed by atoms with E-state index in [1.807, 2.05) is 0 Å². The van der Waals surface area contributed by atoms with E-state index >= 15 is 0 Å². The topological polar surface area (TPSA) is 9.23 Å². The number of hydrogen-bond acceptors (Lipinski definition) is 1. The lowest BCUT2D eigenvalue weighted by Crippen LogP contribution is -2.21. The van der Waals surface area contributed by atoms with Crippen LogP contribution < -0.4 is 0 Å². The maximum absolute atomic E-state index is 5.73. The van der Waals surface area contributed by atoms with Gasteiger partial charge in [0.05, 0.1) is 6.10 Å². The molecule has 1 heterocycles. The van der Waals surface area contributed by atoms with E-state index in [1.165, 1.54) is 38.5 Å². The van der Waals surface area contributed by atoms with Gasteiger partial charge in [0.2, 0.25) is 0 Å². The zero-order valence-electron chi connectivity index (χ0n) is 8.09. The molecule has 1 saturated carbocycles. The van der Waals surface area contributed by atoms with Crippen LogP contribution in [0.3, 0.4) is 0 Å². The Kier molecular flexibility index (Phi) is 2.69. The Morgan fingerprint density at radius 2 is 2.08 bits per heavy atom. The van der Waals surface area contributed by atoms with Crippen molar-refractivity contribution in [1.82, 2.24) is 0 Å². The van der Waals surface area contributed by atoms with E-state index in [0.29, 0.717) is 6.10 Å². The third kappa shape index (κ3) is 2.22. The Labute approximate surface area is 75.5 Å². The molecule has 2 unspecified atom stereocenters. The minimum atomic E-state index is 0.606. The Hall–Kier alpha value is -0.0400. The first kappa shape index (κ1) is 8.55. The standard InChI is InChI=1S/C11H20O/c1-9(10-5-6-10)8-11-4-2-3-7-12-11/h9-11H,2-8H2,1H3. The Bertz CT molecular complexity index is 134. The summed E-state index contributed by atoms with van der Waals surface area (Å²) in [4.78, 5) is 0. The van der Waals surface area contributed by atoms with Gasteiger partial charge in [0.25, 0.3) is 0 Å². The molecule has 2 aliphatic rings. The van der Waals surface area contributed by atoms with E-state index in [0.717, 1.165) is 18.4 Å². The summed E-state index contributed by atoms with van der Waals surface area (Å²) >= 11 is 0. The first-order valence-corrected chi connectivity index (χ1v) is 5.48. The fraction of sp³-hybridized carbons (Fsp3) is 1.00. The van der Waals surface area contributed by atoms with Gasteiger partial charge in [0, 0.05) is 6.61 Å². The highest BCUT2D eigenvalue weighted by Gasteiger charge is 2.30. The highest BCUT2D eigenvalue weighted by Crippen LogP contribution is 2.39. The summed E-state index contributed by atoms with van der Waals surface area (Å²) in [5.74, 6) is 1.98. The monoisotopic (exact) mass is 168 g/mol. The largest absolute Gasteiger partial charge is 0.378 e. The average Bonchev–Trinajstić information content (AvgIpc) is 2.88. The molecule has 0 N–H and O–H groups in total. The molecule has 0 spiro atoms. The quantitative estimate of drug-likeness (QED) is 0.629. The molecule has 1 nitrogen and oxygen atoms in total. The van der Waals surface area contributed by atoms with Gasteiger partial charge in [-0.15, -0.1) is 0 Å². The zero-order chi connectivity index (χ0) is 8.39. The van der Waals surface area contributed by atoms with Crippen molar-refractivity contribution in [1.29, 1.82) is 0 Å². The second kappa shape index (κ2) is 3.78. The van der Waals surface area contributed by atoms with Gasteiger partial charge in [0.1, 0.15) is 0 Å². The van der Waals surface area contributed by atoms with Crippen molar-refractivity contribution in [2.45, 2.75) is 51.6 Å². The summed E-state index contributed by atoms with van der Waals surface area (Å²) in [5, 5.41) is 0. The molecule has 12 heavy (non-hydrogen) atoms. The molecular weight excluding hydrogens is 148 g/mol. The van der Waals surface area contributed by atoms with Crippen molar-refractivity contribution in [2.75, 3.05) is 6.61 Å². The Morgan fingerprint density at radius 1 is 1.25 bits per heavy atom. The maximum Gasteiger partial charge on any atom is 0.0577 e. The third-order valence-electron chi connectivity index (χ3n) is 3.34. The zero-order valence-corrected chi connectivity index (χ0v) is 8.09. The summed E-state index contributed by atoms with van der Waals surface area (Å²) in [7, 11) is 0. The first-order chi connectivity index (χ1) is 5.86. The van der Waals surface area contributed by atoms with Gasteiger partial charge in [-0.2, -0.15) is 0 Å². The van der Waals surface area contributed by atoms with Crippen molar-refractivity contribution in [2.24, 2.45) is 11.8 Å². The van der Waals surface area contributed by atoms with Crippen LogP contribution in [-0.4, -0.2) is 12.7 Å². The molecule has 0 amide bonds. The molecule has 70 valence electrons. The second-order valence-corrected chi connectivity index (χ2v) is 4.54. The molecule has 1 heteroatoms. The van der Waals surface area contributed by atoms with Gasteiger partial charge in [-0.25, -0.2) is 0 Å². The van der Waals surface area contributed by atoms with Crippen LogP contribution in [-0.2, 0) is 4.74 Å². The fourth-order valence-electron chi connectivity index (χ4n) is 2.27. The summed E-state index contributed by atoms with van der Waals surface area (Å²) in [6, 6.07) is 0. The Balaban J connectivity index is 1.69. The van der Waals surface area contributed by atoms with Crippen LogP contribution in [0.1, 0.15) is 45.4 Å². The highest BCUT2D eigenvalue weighted by molar-refractivity contribution is 4.81. The maximum atomic E-state index is 5.73. The van der Waals surface area contributed by atoms with Crippen molar-refractivity contribution in [3.63, 3.8) is 0 Å².